The first-order valence-corrected chi connectivity index (χ1v) is 8.04. The van der Waals surface area contributed by atoms with Gasteiger partial charge >= 0.3 is 0 Å². The van der Waals surface area contributed by atoms with Crippen LogP contribution in [0, 0.1) is 18.3 Å². The molecule has 2 aromatic heterocycles. The Balaban J connectivity index is 1.91. The van der Waals surface area contributed by atoms with E-state index < -0.39 is 11.6 Å². The van der Waals surface area contributed by atoms with E-state index in [4.69, 9.17) is 5.26 Å². The number of aromatic nitrogens is 2. The van der Waals surface area contributed by atoms with Gasteiger partial charge in [-0.1, -0.05) is 12.1 Å². The molecule has 3 aromatic rings. The number of imidazole rings is 1. The fourth-order valence-corrected chi connectivity index (χ4v) is 3.93. The van der Waals surface area contributed by atoms with Crippen molar-refractivity contribution < 1.29 is 5.11 Å². The third kappa shape index (κ3) is 1.99. The van der Waals surface area contributed by atoms with Crippen molar-refractivity contribution in [3.05, 3.63) is 58.5 Å². The Kier molecular flexibility index (Phi) is 3.26. The Morgan fingerprint density at radius 3 is 3.04 bits per heavy atom. The maximum Gasteiger partial charge on any atom is 0.177 e. The molecule has 0 aliphatic carbocycles. The maximum absolute atomic E-state index is 11.2. The molecule has 4 rings (SSSR count). The summed E-state index contributed by atoms with van der Waals surface area (Å²) in [5, 5.41) is 32.2. The number of aliphatic hydroxyl groups is 1. The molecule has 1 N–H and O–H groups in total. The molecule has 1 aliphatic rings. The van der Waals surface area contributed by atoms with E-state index in [0.29, 0.717) is 16.8 Å². The molecule has 3 heterocycles. The lowest BCUT2D eigenvalue weighted by molar-refractivity contribution is 0.116. The van der Waals surface area contributed by atoms with Crippen molar-refractivity contribution in [3.63, 3.8) is 0 Å². The number of hydrogen-bond acceptors (Lipinski definition) is 7. The Morgan fingerprint density at radius 1 is 1.42 bits per heavy atom. The molecule has 24 heavy (non-hydrogen) atoms. The van der Waals surface area contributed by atoms with Gasteiger partial charge in [0.2, 0.25) is 0 Å². The lowest BCUT2D eigenvalue weighted by atomic mass is 9.84. The number of aliphatic hydroxyl groups excluding tert-OH is 1. The van der Waals surface area contributed by atoms with Gasteiger partial charge in [-0.25, -0.2) is 4.98 Å². The topological polar surface area (TPSA) is 98.4 Å². The Hall–Kier alpha value is -2.89. The predicted molar refractivity (Wildman–Crippen MR) is 88.9 cm³/mol. The van der Waals surface area contributed by atoms with Crippen molar-refractivity contribution in [1.29, 1.82) is 5.26 Å². The maximum atomic E-state index is 11.2. The van der Waals surface area contributed by atoms with Crippen molar-refractivity contribution >= 4 is 22.4 Å². The Labute approximate surface area is 141 Å². The van der Waals surface area contributed by atoms with Gasteiger partial charge in [0.05, 0.1) is 29.7 Å². The average molecular weight is 336 g/mol. The first kappa shape index (κ1) is 14.7. The van der Waals surface area contributed by atoms with E-state index in [1.54, 1.807) is 42.1 Å². The van der Waals surface area contributed by atoms with E-state index >= 15 is 0 Å². The molecular formula is C16H12N6OS. The van der Waals surface area contributed by atoms with Gasteiger partial charge in [0, 0.05) is 4.88 Å². The fraction of sp³-hybridized carbons (Fsp3) is 0.188. The second kappa shape index (κ2) is 5.33. The molecule has 0 spiro atoms. The Bertz CT molecular complexity index is 1010. The third-order valence-electron chi connectivity index (χ3n) is 4.13. The van der Waals surface area contributed by atoms with Crippen molar-refractivity contribution in [2.45, 2.75) is 18.6 Å². The summed E-state index contributed by atoms with van der Waals surface area (Å²) < 4.78 is 1.85. The molecule has 2 unspecified atom stereocenters. The van der Waals surface area contributed by atoms with Gasteiger partial charge in [-0.15, -0.1) is 21.6 Å². The van der Waals surface area contributed by atoms with E-state index in [0.717, 1.165) is 9.71 Å². The molecule has 0 amide bonds. The van der Waals surface area contributed by atoms with Gasteiger partial charge in [-0.2, -0.15) is 5.26 Å². The van der Waals surface area contributed by atoms with Crippen LogP contribution in [-0.2, 0) is 5.54 Å². The molecule has 7 nitrogen and oxygen atoms in total. The molecule has 0 radical (unpaired) electrons. The first-order valence-electron chi connectivity index (χ1n) is 7.22. The summed E-state index contributed by atoms with van der Waals surface area (Å²) in [6.45, 7) is 1.94. The molecule has 0 fully saturated rings. The summed E-state index contributed by atoms with van der Waals surface area (Å²) in [5.74, 6) is 0. The van der Waals surface area contributed by atoms with Crippen LogP contribution in [0.3, 0.4) is 0 Å². The quantitative estimate of drug-likeness (QED) is 0.796. The number of hydrogen-bond donors (Lipinski definition) is 1. The zero-order valence-corrected chi connectivity index (χ0v) is 13.5. The van der Waals surface area contributed by atoms with Crippen molar-refractivity contribution in [1.82, 2.24) is 9.38 Å². The number of rotatable bonds is 3. The van der Waals surface area contributed by atoms with E-state index in [9.17, 15) is 5.11 Å². The first-order chi connectivity index (χ1) is 11.7. The summed E-state index contributed by atoms with van der Waals surface area (Å²) >= 11 is 1.55. The van der Waals surface area contributed by atoms with Gasteiger partial charge in [0.15, 0.2) is 5.54 Å². The fourth-order valence-electron chi connectivity index (χ4n) is 2.94. The minimum atomic E-state index is -1.16. The van der Waals surface area contributed by atoms with Crippen LogP contribution in [0.15, 0.2) is 52.2 Å². The minimum Gasteiger partial charge on any atom is -0.383 e. The monoisotopic (exact) mass is 336 g/mol. The summed E-state index contributed by atoms with van der Waals surface area (Å²) in [5.41, 5.74) is 0.695. The minimum absolute atomic E-state index is 0.490. The van der Waals surface area contributed by atoms with Gasteiger partial charge in [0.25, 0.3) is 0 Å². The largest absolute Gasteiger partial charge is 0.383 e. The lowest BCUT2D eigenvalue weighted by Gasteiger charge is -2.28. The highest BCUT2D eigenvalue weighted by atomic mass is 32.1. The van der Waals surface area contributed by atoms with E-state index in [1.807, 2.05) is 17.4 Å². The molecule has 0 bridgehead atoms. The second-order valence-electron chi connectivity index (χ2n) is 5.50. The number of nitrogens with zero attached hydrogens (tertiary/aromatic N) is 6. The summed E-state index contributed by atoms with van der Waals surface area (Å²) in [6, 6.07) is 9.09. The highest BCUT2D eigenvalue weighted by Crippen LogP contribution is 2.42. The molecule has 8 heteroatoms. The lowest BCUT2D eigenvalue weighted by Crippen LogP contribution is -2.33. The van der Waals surface area contributed by atoms with Gasteiger partial charge in [-0.05, 0) is 29.8 Å². The van der Waals surface area contributed by atoms with Crippen LogP contribution in [0.1, 0.15) is 27.8 Å². The van der Waals surface area contributed by atoms with Crippen LogP contribution in [0.2, 0.25) is 0 Å². The molecular weight excluding hydrogens is 324 g/mol. The van der Waals surface area contributed by atoms with Crippen molar-refractivity contribution in [2.24, 2.45) is 15.4 Å². The number of thiazole rings is 1. The predicted octanol–water partition coefficient (Wildman–Crippen LogP) is 2.96. The van der Waals surface area contributed by atoms with Gasteiger partial charge in [-0.3, -0.25) is 4.40 Å². The van der Waals surface area contributed by atoms with E-state index in [2.05, 4.69) is 26.5 Å². The van der Waals surface area contributed by atoms with Crippen LogP contribution in [0.25, 0.3) is 4.83 Å². The number of nitriles is 1. The molecule has 1 aliphatic heterocycles. The van der Waals surface area contributed by atoms with Crippen LogP contribution in [-0.4, -0.2) is 20.7 Å². The Morgan fingerprint density at radius 2 is 2.29 bits per heavy atom. The molecule has 0 saturated carbocycles. The third-order valence-corrected chi connectivity index (χ3v) is 5.16. The summed E-state index contributed by atoms with van der Waals surface area (Å²) in [6.07, 6.45) is 3.93. The molecule has 1 aromatic carbocycles. The van der Waals surface area contributed by atoms with Crippen molar-refractivity contribution in [3.8, 4) is 6.07 Å². The van der Waals surface area contributed by atoms with Crippen LogP contribution < -0.4 is 0 Å². The highest BCUT2D eigenvalue weighted by molar-refractivity contribution is 7.17. The normalized spacial score (nSPS) is 20.5. The van der Waals surface area contributed by atoms with Gasteiger partial charge in [0.1, 0.15) is 17.3 Å². The second-order valence-corrected chi connectivity index (χ2v) is 6.73. The van der Waals surface area contributed by atoms with E-state index in [1.165, 1.54) is 6.21 Å². The number of benzene rings is 1. The smallest absolute Gasteiger partial charge is 0.177 e. The number of aryl methyl sites for hydroxylation is 1. The highest BCUT2D eigenvalue weighted by Gasteiger charge is 2.44. The zero-order valence-electron chi connectivity index (χ0n) is 12.7. The number of fused-ring (bicyclic) bond motifs is 1. The van der Waals surface area contributed by atoms with Crippen LogP contribution in [0.5, 0.6) is 0 Å². The van der Waals surface area contributed by atoms with Crippen molar-refractivity contribution in [2.75, 3.05) is 0 Å². The van der Waals surface area contributed by atoms with E-state index in [-0.39, 0.29) is 0 Å². The van der Waals surface area contributed by atoms with Gasteiger partial charge < -0.3 is 5.11 Å². The SMILES string of the molecule is Cc1sc2cncn2c1C(O)C1(c2cccc(C#N)c2)C=NN=N1. The molecule has 0 saturated heterocycles. The average Bonchev–Trinajstić information content (AvgIpc) is 3.30. The van der Waals surface area contributed by atoms with Crippen LogP contribution >= 0.6 is 11.3 Å². The molecule has 2 atom stereocenters. The standard InChI is InChI=1S/C16H12N6OS/c1-10-14(22-9-18-7-13(22)24-10)15(23)16(8-19-21-20-16)12-4-2-3-11(5-12)6-17/h2-5,7-9,15,23H,1H3. The van der Waals surface area contributed by atoms with Crippen LogP contribution in [0.4, 0.5) is 0 Å². The summed E-state index contributed by atoms with van der Waals surface area (Å²) in [4.78, 5) is 6.03. The molecule has 118 valence electrons. The summed E-state index contributed by atoms with van der Waals surface area (Å²) in [7, 11) is 0. The zero-order chi connectivity index (χ0) is 16.7.